The third kappa shape index (κ3) is 3.59. The van der Waals surface area contributed by atoms with Crippen molar-refractivity contribution in [1.82, 2.24) is 0 Å². The van der Waals surface area contributed by atoms with E-state index in [1.807, 2.05) is 30.3 Å². The van der Waals surface area contributed by atoms with Crippen LogP contribution in [0, 0.1) is 0 Å². The van der Waals surface area contributed by atoms with Gasteiger partial charge in [-0.3, -0.25) is 0 Å². The molecule has 0 saturated heterocycles. The van der Waals surface area contributed by atoms with Crippen LogP contribution in [0.3, 0.4) is 0 Å². The van der Waals surface area contributed by atoms with Crippen molar-refractivity contribution >= 4 is 55.1 Å². The topological polar surface area (TPSA) is 0 Å². The first-order valence-electron chi connectivity index (χ1n) is 6.23. The zero-order valence-electron chi connectivity index (χ0n) is 10.8. The van der Waals surface area contributed by atoms with Gasteiger partial charge in [-0.25, -0.2) is 0 Å². The van der Waals surface area contributed by atoms with E-state index in [4.69, 9.17) is 23.2 Å². The van der Waals surface area contributed by atoms with Gasteiger partial charge in [-0.05, 0) is 35.7 Å². The molecule has 0 nitrogen and oxygen atoms in total. The van der Waals surface area contributed by atoms with Gasteiger partial charge in [0.05, 0.1) is 0 Å². The van der Waals surface area contributed by atoms with Crippen molar-refractivity contribution in [3.63, 3.8) is 0 Å². The molecule has 0 aliphatic rings. The minimum Gasteiger partial charge on any atom is -0.126 e. The van der Waals surface area contributed by atoms with Gasteiger partial charge in [0.25, 0.3) is 0 Å². The lowest BCUT2D eigenvalue weighted by Crippen LogP contribution is -2.33. The predicted molar refractivity (Wildman–Crippen MR) is 95.1 cm³/mol. The van der Waals surface area contributed by atoms with E-state index >= 15 is 0 Å². The number of hydrogen-bond acceptors (Lipinski definition) is 0. The first-order valence-corrected chi connectivity index (χ1v) is 8.88. The highest BCUT2D eigenvalue weighted by molar-refractivity contribution is 9.10. The van der Waals surface area contributed by atoms with Gasteiger partial charge in [0.15, 0.2) is 0 Å². The zero-order valence-corrected chi connectivity index (χ0v) is 15.4. The molecule has 0 unspecified atom stereocenters. The maximum absolute atomic E-state index is 6.29. The normalized spacial score (nSPS) is 11.6. The fourth-order valence-electron chi connectivity index (χ4n) is 2.20. The molecule has 0 aliphatic heterocycles. The van der Waals surface area contributed by atoms with Gasteiger partial charge in [-0.2, -0.15) is 0 Å². The molecule has 0 aromatic heterocycles. The molecule has 106 valence electrons. The second-order valence-electron chi connectivity index (χ2n) is 4.82. The third-order valence-electron chi connectivity index (χ3n) is 3.45. The largest absolute Gasteiger partial charge is 0.126 e. The quantitative estimate of drug-likeness (QED) is 0.491. The van der Waals surface area contributed by atoms with Crippen molar-refractivity contribution < 1.29 is 0 Å². The van der Waals surface area contributed by atoms with Crippen LogP contribution in [0.25, 0.3) is 0 Å². The summed E-state index contributed by atoms with van der Waals surface area (Å²) >= 11 is 19.6. The molecule has 2 rings (SSSR count). The molecule has 0 fully saturated rings. The maximum atomic E-state index is 6.29. The summed E-state index contributed by atoms with van der Waals surface area (Å²) < 4.78 is 2.15. The molecule has 2 aromatic carbocycles. The molecular formula is C16H14Br2Cl2. The smallest absolute Gasteiger partial charge is 0.0335 e. The fourth-order valence-corrected chi connectivity index (χ4v) is 3.67. The van der Waals surface area contributed by atoms with Crippen LogP contribution in [-0.4, -0.2) is 11.8 Å². The summed E-state index contributed by atoms with van der Waals surface area (Å²) in [5.41, 5.74) is 2.13. The van der Waals surface area contributed by atoms with Crippen molar-refractivity contribution in [2.75, 3.05) is 11.8 Å². The van der Waals surface area contributed by atoms with Gasteiger partial charge < -0.3 is 0 Å². The summed E-state index contributed by atoms with van der Waals surface area (Å²) in [7, 11) is 0. The highest BCUT2D eigenvalue weighted by Gasteiger charge is 2.31. The summed E-state index contributed by atoms with van der Waals surface area (Å²) in [6.45, 7) is 0. The third-order valence-corrected chi connectivity index (χ3v) is 5.78. The van der Waals surface area contributed by atoms with Gasteiger partial charge in [-0.1, -0.05) is 62.2 Å². The maximum Gasteiger partial charge on any atom is 0.0335 e. The van der Waals surface area contributed by atoms with Crippen LogP contribution in [0.2, 0.25) is 0 Å². The summed E-state index contributed by atoms with van der Waals surface area (Å²) in [5, 5.41) is 0. The van der Waals surface area contributed by atoms with E-state index in [0.717, 1.165) is 15.4 Å². The SMILES string of the molecule is ClCC(CCl)(Cc1ccccc1Br)c1ccc(Br)cc1. The molecule has 0 N–H and O–H groups in total. The molecule has 0 radical (unpaired) electrons. The second-order valence-corrected chi connectivity index (χ2v) is 7.13. The molecule has 0 amide bonds. The van der Waals surface area contributed by atoms with Crippen LogP contribution < -0.4 is 0 Å². The van der Waals surface area contributed by atoms with Crippen LogP contribution in [0.1, 0.15) is 11.1 Å². The predicted octanol–water partition coefficient (Wildman–Crippen LogP) is 6.17. The number of benzene rings is 2. The second kappa shape index (κ2) is 7.31. The van der Waals surface area contributed by atoms with E-state index < -0.39 is 0 Å². The Balaban J connectivity index is 2.39. The Hall–Kier alpha value is -0.0200. The highest BCUT2D eigenvalue weighted by Crippen LogP contribution is 2.34. The van der Waals surface area contributed by atoms with Crippen LogP contribution in [0.5, 0.6) is 0 Å². The van der Waals surface area contributed by atoms with E-state index in [2.05, 4.69) is 50.1 Å². The Kier molecular flexibility index (Phi) is 5.97. The number of alkyl halides is 2. The zero-order chi connectivity index (χ0) is 14.6. The minimum absolute atomic E-state index is 0.256. The van der Waals surface area contributed by atoms with E-state index in [1.54, 1.807) is 0 Å². The molecule has 0 saturated carbocycles. The Morgan fingerprint density at radius 1 is 0.850 bits per heavy atom. The average Bonchev–Trinajstić information content (AvgIpc) is 2.48. The van der Waals surface area contributed by atoms with E-state index in [9.17, 15) is 0 Å². The first-order chi connectivity index (χ1) is 9.61. The van der Waals surface area contributed by atoms with Gasteiger partial charge in [-0.15, -0.1) is 23.2 Å². The standard InChI is InChI=1S/C16H14Br2Cl2/c17-14-7-5-13(6-8-14)16(10-19,11-20)9-12-3-1-2-4-15(12)18/h1-8H,9-11H2. The lowest BCUT2D eigenvalue weighted by atomic mass is 9.79. The van der Waals surface area contributed by atoms with Gasteiger partial charge in [0.1, 0.15) is 0 Å². The summed E-state index contributed by atoms with van der Waals surface area (Å²) in [5.74, 6) is 0.971. The minimum atomic E-state index is -0.256. The molecular weight excluding hydrogens is 423 g/mol. The Morgan fingerprint density at radius 2 is 1.45 bits per heavy atom. The highest BCUT2D eigenvalue weighted by atomic mass is 79.9. The fraction of sp³-hybridized carbons (Fsp3) is 0.250. The molecule has 0 aliphatic carbocycles. The molecule has 0 bridgehead atoms. The molecule has 0 atom stereocenters. The number of hydrogen-bond donors (Lipinski definition) is 0. The Bertz CT molecular complexity index is 563. The number of halogens is 4. The Labute approximate surface area is 146 Å². The summed E-state index contributed by atoms with van der Waals surface area (Å²) in [6, 6.07) is 16.4. The Morgan fingerprint density at radius 3 is 2.00 bits per heavy atom. The van der Waals surface area contributed by atoms with Crippen LogP contribution in [0.15, 0.2) is 57.5 Å². The summed E-state index contributed by atoms with van der Waals surface area (Å²) in [6.07, 6.45) is 0.809. The van der Waals surface area contributed by atoms with Gasteiger partial charge in [0, 0.05) is 26.1 Å². The van der Waals surface area contributed by atoms with Gasteiger partial charge in [0.2, 0.25) is 0 Å². The van der Waals surface area contributed by atoms with E-state index in [-0.39, 0.29) is 5.41 Å². The number of rotatable bonds is 5. The van der Waals surface area contributed by atoms with Crippen LogP contribution in [-0.2, 0) is 11.8 Å². The molecule has 0 spiro atoms. The average molecular weight is 437 g/mol. The summed E-state index contributed by atoms with van der Waals surface area (Å²) in [4.78, 5) is 0. The molecule has 2 aromatic rings. The van der Waals surface area contributed by atoms with Crippen molar-refractivity contribution in [2.45, 2.75) is 11.8 Å². The van der Waals surface area contributed by atoms with Crippen molar-refractivity contribution in [2.24, 2.45) is 0 Å². The van der Waals surface area contributed by atoms with Crippen molar-refractivity contribution in [1.29, 1.82) is 0 Å². The molecule has 0 heterocycles. The van der Waals surface area contributed by atoms with Crippen LogP contribution in [0.4, 0.5) is 0 Å². The van der Waals surface area contributed by atoms with E-state index in [0.29, 0.717) is 11.8 Å². The van der Waals surface area contributed by atoms with Gasteiger partial charge >= 0.3 is 0 Å². The molecule has 4 heteroatoms. The molecule has 20 heavy (non-hydrogen) atoms. The van der Waals surface area contributed by atoms with E-state index in [1.165, 1.54) is 11.1 Å². The van der Waals surface area contributed by atoms with Crippen molar-refractivity contribution in [3.05, 3.63) is 68.6 Å². The lowest BCUT2D eigenvalue weighted by Gasteiger charge is -2.31. The van der Waals surface area contributed by atoms with Crippen molar-refractivity contribution in [3.8, 4) is 0 Å². The monoisotopic (exact) mass is 434 g/mol. The van der Waals surface area contributed by atoms with Crippen LogP contribution >= 0.6 is 55.1 Å². The lowest BCUT2D eigenvalue weighted by molar-refractivity contribution is 0.535. The first kappa shape index (κ1) is 16.4.